The highest BCUT2D eigenvalue weighted by Crippen LogP contribution is 2.24. The molecular formula is C26H30N6O3S. The summed E-state index contributed by atoms with van der Waals surface area (Å²) in [5.41, 5.74) is 1.66. The molecule has 3 amide bonds. The number of carbonyl (C=O) groups excluding carboxylic acids is 3. The van der Waals surface area contributed by atoms with Crippen molar-refractivity contribution in [2.75, 3.05) is 52.4 Å². The first kappa shape index (κ1) is 23.2. The van der Waals surface area contributed by atoms with Crippen molar-refractivity contribution in [1.82, 2.24) is 29.2 Å². The number of thiazole rings is 1. The minimum atomic E-state index is 0.0136. The summed E-state index contributed by atoms with van der Waals surface area (Å²) in [5.74, 6) is 0.219. The molecule has 0 radical (unpaired) electrons. The molecule has 3 aromatic rings. The van der Waals surface area contributed by atoms with E-state index >= 15 is 0 Å². The van der Waals surface area contributed by atoms with Crippen LogP contribution in [0.2, 0.25) is 0 Å². The van der Waals surface area contributed by atoms with E-state index in [4.69, 9.17) is 0 Å². The lowest BCUT2D eigenvalue weighted by Crippen LogP contribution is -2.64. The zero-order valence-electron chi connectivity index (χ0n) is 20.2. The van der Waals surface area contributed by atoms with Crippen LogP contribution in [0.5, 0.6) is 0 Å². The number of benzene rings is 1. The van der Waals surface area contributed by atoms with Crippen LogP contribution in [-0.2, 0) is 11.3 Å². The molecule has 3 fully saturated rings. The van der Waals surface area contributed by atoms with Crippen LogP contribution < -0.4 is 0 Å². The summed E-state index contributed by atoms with van der Waals surface area (Å²) in [6.07, 6.45) is 5.78. The van der Waals surface area contributed by atoms with E-state index in [0.29, 0.717) is 49.3 Å². The van der Waals surface area contributed by atoms with Gasteiger partial charge in [0.05, 0.1) is 0 Å². The fourth-order valence-corrected chi connectivity index (χ4v) is 6.07. The van der Waals surface area contributed by atoms with Gasteiger partial charge >= 0.3 is 0 Å². The Hall–Kier alpha value is -3.24. The summed E-state index contributed by atoms with van der Waals surface area (Å²) in [5, 5.41) is 3.36. The fraction of sp³-hybridized carbons (Fsp3) is 0.462. The number of amides is 3. The van der Waals surface area contributed by atoms with Crippen LogP contribution in [-0.4, -0.2) is 105 Å². The number of hydrogen-bond acceptors (Lipinski definition) is 6. The average Bonchev–Trinajstić information content (AvgIpc) is 3.65. The van der Waals surface area contributed by atoms with Gasteiger partial charge in [-0.25, -0.2) is 4.98 Å². The number of rotatable bonds is 5. The second-order valence-corrected chi connectivity index (χ2v) is 10.7. The Bertz CT molecular complexity index is 1270. The van der Waals surface area contributed by atoms with E-state index < -0.39 is 0 Å². The topological polar surface area (TPSA) is 82.0 Å². The van der Waals surface area contributed by atoms with Crippen LogP contribution in [0.25, 0.3) is 10.9 Å². The lowest BCUT2D eigenvalue weighted by atomic mass is 10.0. The van der Waals surface area contributed by atoms with Gasteiger partial charge in [0, 0.05) is 92.6 Å². The van der Waals surface area contributed by atoms with Crippen molar-refractivity contribution >= 4 is 40.0 Å². The summed E-state index contributed by atoms with van der Waals surface area (Å²) in [6.45, 7) is 6.49. The van der Waals surface area contributed by atoms with Crippen molar-refractivity contribution in [3.8, 4) is 0 Å². The molecule has 3 saturated heterocycles. The van der Waals surface area contributed by atoms with E-state index in [1.165, 1.54) is 11.3 Å². The lowest BCUT2D eigenvalue weighted by Gasteiger charge is -2.48. The Morgan fingerprint density at radius 3 is 2.39 bits per heavy atom. The van der Waals surface area contributed by atoms with Crippen molar-refractivity contribution in [2.45, 2.75) is 25.4 Å². The highest BCUT2D eigenvalue weighted by Gasteiger charge is 2.37. The van der Waals surface area contributed by atoms with Gasteiger partial charge in [0.2, 0.25) is 5.91 Å². The van der Waals surface area contributed by atoms with Crippen LogP contribution in [0.15, 0.2) is 42.0 Å². The molecule has 3 aliphatic rings. The maximum absolute atomic E-state index is 13.1. The zero-order valence-corrected chi connectivity index (χ0v) is 21.0. The molecule has 0 N–H and O–H groups in total. The summed E-state index contributed by atoms with van der Waals surface area (Å²) >= 11 is 1.38. The Morgan fingerprint density at radius 1 is 0.889 bits per heavy atom. The number of fused-ring (bicyclic) bond motifs is 1. The van der Waals surface area contributed by atoms with Crippen molar-refractivity contribution in [2.24, 2.45) is 0 Å². The number of nitrogens with zero attached hydrogens (tertiary/aromatic N) is 6. The predicted octanol–water partition coefficient (Wildman–Crippen LogP) is 2.00. The smallest absolute Gasteiger partial charge is 0.282 e. The van der Waals surface area contributed by atoms with Crippen molar-refractivity contribution in [1.29, 1.82) is 0 Å². The number of hydrogen-bond donors (Lipinski definition) is 0. The van der Waals surface area contributed by atoms with Crippen molar-refractivity contribution in [3.05, 3.63) is 52.6 Å². The Morgan fingerprint density at radius 2 is 1.67 bits per heavy atom. The molecule has 9 nitrogen and oxygen atoms in total. The van der Waals surface area contributed by atoms with Gasteiger partial charge in [0.25, 0.3) is 11.8 Å². The molecule has 2 aromatic heterocycles. The van der Waals surface area contributed by atoms with Crippen LogP contribution in [0.3, 0.4) is 0 Å². The highest BCUT2D eigenvalue weighted by atomic mass is 32.1. The van der Waals surface area contributed by atoms with Crippen LogP contribution >= 0.6 is 11.3 Å². The van der Waals surface area contributed by atoms with E-state index in [1.54, 1.807) is 6.20 Å². The average molecular weight is 507 g/mol. The monoisotopic (exact) mass is 506 g/mol. The molecule has 6 rings (SSSR count). The van der Waals surface area contributed by atoms with Gasteiger partial charge in [-0.1, -0.05) is 0 Å². The van der Waals surface area contributed by atoms with Gasteiger partial charge in [-0.05, 0) is 37.1 Å². The first-order valence-corrected chi connectivity index (χ1v) is 13.5. The second-order valence-electron chi connectivity index (χ2n) is 9.83. The molecule has 36 heavy (non-hydrogen) atoms. The predicted molar refractivity (Wildman–Crippen MR) is 137 cm³/mol. The van der Waals surface area contributed by atoms with Crippen LogP contribution in [0, 0.1) is 0 Å². The van der Waals surface area contributed by atoms with Gasteiger partial charge in [-0.2, -0.15) is 0 Å². The molecule has 0 saturated carbocycles. The van der Waals surface area contributed by atoms with E-state index in [1.807, 2.05) is 55.1 Å². The maximum atomic E-state index is 13.1. The van der Waals surface area contributed by atoms with Crippen molar-refractivity contribution < 1.29 is 14.4 Å². The third-order valence-corrected chi connectivity index (χ3v) is 8.43. The number of aromatic nitrogens is 2. The molecule has 0 aliphatic carbocycles. The maximum Gasteiger partial charge on any atom is 0.282 e. The van der Waals surface area contributed by atoms with Crippen LogP contribution in [0.1, 0.15) is 33.0 Å². The number of piperazine rings is 1. The van der Waals surface area contributed by atoms with E-state index in [2.05, 4.69) is 9.88 Å². The first-order chi connectivity index (χ1) is 17.6. The second kappa shape index (κ2) is 9.67. The Labute approximate surface area is 213 Å². The van der Waals surface area contributed by atoms with Gasteiger partial charge < -0.3 is 19.3 Å². The van der Waals surface area contributed by atoms with E-state index in [9.17, 15) is 14.4 Å². The first-order valence-electron chi connectivity index (χ1n) is 12.7. The molecule has 0 spiro atoms. The lowest BCUT2D eigenvalue weighted by molar-refractivity contribution is -0.130. The molecule has 0 bridgehead atoms. The normalized spacial score (nSPS) is 19.2. The Kier molecular flexibility index (Phi) is 6.22. The number of carbonyl (C=O) groups is 3. The molecule has 5 heterocycles. The largest absolute Gasteiger partial charge is 0.341 e. The molecular weight excluding hydrogens is 476 g/mol. The number of likely N-dealkylation sites (tertiary alicyclic amines) is 2. The van der Waals surface area contributed by atoms with Gasteiger partial charge in [0.1, 0.15) is 6.54 Å². The zero-order chi connectivity index (χ0) is 24.6. The Balaban J connectivity index is 1.02. The minimum Gasteiger partial charge on any atom is -0.341 e. The summed E-state index contributed by atoms with van der Waals surface area (Å²) in [6, 6.07) is 8.08. The molecule has 10 heteroatoms. The summed E-state index contributed by atoms with van der Waals surface area (Å²) in [4.78, 5) is 50.4. The molecule has 1 aromatic carbocycles. The molecule has 188 valence electrons. The van der Waals surface area contributed by atoms with E-state index in [0.717, 1.165) is 49.9 Å². The highest BCUT2D eigenvalue weighted by molar-refractivity contribution is 7.11. The third kappa shape index (κ3) is 4.39. The van der Waals surface area contributed by atoms with Gasteiger partial charge in [-0.3, -0.25) is 19.3 Å². The SMILES string of the molecule is O=C(Cn1ccc2cc(C(=O)N3CC(N4CCN(C(=O)c5nccs5)CC4)C3)ccc21)N1CCCC1. The van der Waals surface area contributed by atoms with Crippen LogP contribution in [0.4, 0.5) is 0 Å². The summed E-state index contributed by atoms with van der Waals surface area (Å²) in [7, 11) is 0. The van der Waals surface area contributed by atoms with E-state index in [-0.39, 0.29) is 17.7 Å². The fourth-order valence-electron chi connectivity index (χ4n) is 5.47. The standard InChI is InChI=1S/C26H30N6O3S/c33-23(29-7-1-2-8-29)18-31-9-5-19-15-20(3-4-22(19)31)25(34)32-16-21(17-32)28-10-12-30(13-11-28)26(35)24-27-6-14-36-24/h3-6,9,14-15,21H,1-2,7-8,10-13,16-18H2. The van der Waals surface area contributed by atoms with Gasteiger partial charge in [-0.15, -0.1) is 11.3 Å². The van der Waals surface area contributed by atoms with Gasteiger partial charge in [0.15, 0.2) is 5.01 Å². The molecule has 0 unspecified atom stereocenters. The third-order valence-electron chi connectivity index (χ3n) is 7.66. The quantitative estimate of drug-likeness (QED) is 0.529. The molecule has 0 atom stereocenters. The minimum absolute atomic E-state index is 0.0136. The summed E-state index contributed by atoms with van der Waals surface area (Å²) < 4.78 is 1.98. The van der Waals surface area contributed by atoms with Crippen molar-refractivity contribution in [3.63, 3.8) is 0 Å². The molecule has 3 aliphatic heterocycles.